The molecule has 0 saturated carbocycles. The highest BCUT2D eigenvalue weighted by atomic mass is 35.5. The van der Waals surface area contributed by atoms with Crippen LogP contribution in [0.25, 0.3) is 0 Å². The lowest BCUT2D eigenvalue weighted by atomic mass is 10.2. The van der Waals surface area contributed by atoms with Crippen LogP contribution in [0.2, 0.25) is 5.02 Å². The summed E-state index contributed by atoms with van der Waals surface area (Å²) in [4.78, 5) is 12.0. The second kappa shape index (κ2) is 7.61. The Balaban J connectivity index is 1.92. The van der Waals surface area contributed by atoms with E-state index in [-0.39, 0.29) is 16.8 Å². The molecule has 0 heterocycles. The number of rotatable bonds is 5. The summed E-state index contributed by atoms with van der Waals surface area (Å²) in [5.41, 5.74) is 0.978. The molecule has 116 valence electrons. The fourth-order valence-corrected chi connectivity index (χ4v) is 2.79. The molecule has 0 aliphatic carbocycles. The van der Waals surface area contributed by atoms with Gasteiger partial charge in [0.2, 0.25) is 5.91 Å². The van der Waals surface area contributed by atoms with Gasteiger partial charge in [-0.15, -0.1) is 11.8 Å². The van der Waals surface area contributed by atoms with Gasteiger partial charge in [-0.2, -0.15) is 0 Å². The molecular weight excluding hydrogens is 328 g/mol. The lowest BCUT2D eigenvalue weighted by Crippen LogP contribution is -2.23. The number of carbonyl (C=O) groups excluding carboxylic acids is 1. The molecule has 22 heavy (non-hydrogen) atoms. The summed E-state index contributed by atoms with van der Waals surface area (Å²) in [6.07, 6.45) is 0. The van der Waals surface area contributed by atoms with Crippen LogP contribution in [0.3, 0.4) is 0 Å². The topological polar surface area (TPSA) is 29.1 Å². The molecule has 1 amide bonds. The molecule has 2 rings (SSSR count). The number of thioether (sulfide) groups is 1. The number of hydrogen-bond acceptors (Lipinski definition) is 2. The molecule has 2 aromatic carbocycles. The zero-order valence-electron chi connectivity index (χ0n) is 11.8. The van der Waals surface area contributed by atoms with Gasteiger partial charge in [0, 0.05) is 16.8 Å². The van der Waals surface area contributed by atoms with E-state index < -0.39 is 11.6 Å². The summed E-state index contributed by atoms with van der Waals surface area (Å²) in [5, 5.41) is 2.71. The third-order valence-electron chi connectivity index (χ3n) is 2.95. The Morgan fingerprint density at radius 1 is 1.27 bits per heavy atom. The third kappa shape index (κ3) is 4.71. The van der Waals surface area contributed by atoms with Crippen LogP contribution in [-0.4, -0.2) is 11.2 Å². The highest BCUT2D eigenvalue weighted by molar-refractivity contribution is 7.99. The van der Waals surface area contributed by atoms with E-state index in [1.54, 1.807) is 13.0 Å². The van der Waals surface area contributed by atoms with E-state index in [0.717, 1.165) is 17.7 Å². The number of halogens is 3. The maximum Gasteiger partial charge on any atom is 0.237 e. The van der Waals surface area contributed by atoms with E-state index in [4.69, 9.17) is 11.6 Å². The minimum absolute atomic E-state index is 0.0263. The van der Waals surface area contributed by atoms with Crippen molar-refractivity contribution in [3.8, 4) is 0 Å². The van der Waals surface area contributed by atoms with Crippen LogP contribution in [0, 0.1) is 11.6 Å². The van der Waals surface area contributed by atoms with Gasteiger partial charge in [-0.1, -0.05) is 23.7 Å². The fraction of sp³-hybridized carbons (Fsp3) is 0.188. The number of hydrogen-bond donors (Lipinski definition) is 1. The van der Waals surface area contributed by atoms with Gasteiger partial charge in [-0.3, -0.25) is 4.79 Å². The van der Waals surface area contributed by atoms with Crippen molar-refractivity contribution < 1.29 is 13.6 Å². The van der Waals surface area contributed by atoms with Crippen molar-refractivity contribution in [3.05, 3.63) is 64.7 Å². The predicted octanol–water partition coefficient (Wildman–Crippen LogP) is 4.88. The maximum absolute atomic E-state index is 13.5. The molecule has 0 bridgehead atoms. The molecule has 0 fully saturated rings. The van der Waals surface area contributed by atoms with E-state index >= 15 is 0 Å². The largest absolute Gasteiger partial charge is 0.323 e. The molecule has 2 nitrogen and oxygen atoms in total. The first-order valence-electron chi connectivity index (χ1n) is 6.57. The summed E-state index contributed by atoms with van der Waals surface area (Å²) in [6, 6.07) is 10.4. The van der Waals surface area contributed by atoms with Crippen LogP contribution in [0.5, 0.6) is 0 Å². The average molecular weight is 342 g/mol. The molecule has 0 radical (unpaired) electrons. The Kier molecular flexibility index (Phi) is 5.80. The molecule has 0 aliphatic heterocycles. The van der Waals surface area contributed by atoms with Gasteiger partial charge in [-0.25, -0.2) is 8.78 Å². The third-order valence-corrected chi connectivity index (χ3v) is 4.40. The first-order valence-corrected chi connectivity index (χ1v) is 8.00. The van der Waals surface area contributed by atoms with Crippen molar-refractivity contribution in [3.63, 3.8) is 0 Å². The minimum Gasteiger partial charge on any atom is -0.323 e. The normalized spacial score (nSPS) is 12.0. The second-order valence-corrected chi connectivity index (χ2v) is 6.46. The van der Waals surface area contributed by atoms with Gasteiger partial charge in [0.25, 0.3) is 0 Å². The molecule has 1 atom stereocenters. The highest BCUT2D eigenvalue weighted by Crippen LogP contribution is 2.22. The van der Waals surface area contributed by atoms with Gasteiger partial charge in [0.05, 0.1) is 10.9 Å². The molecule has 6 heteroatoms. The van der Waals surface area contributed by atoms with Crippen LogP contribution < -0.4 is 5.32 Å². The molecule has 0 spiro atoms. The van der Waals surface area contributed by atoms with Gasteiger partial charge >= 0.3 is 0 Å². The molecule has 0 aromatic heterocycles. The number of carbonyl (C=O) groups is 1. The van der Waals surface area contributed by atoms with Crippen molar-refractivity contribution in [1.82, 2.24) is 0 Å². The standard InChI is InChI=1S/C16H14ClF2NOS/c1-10(22-9-11-3-2-4-12(17)7-11)16(21)20-15-6-5-13(18)8-14(15)19/h2-8,10H,9H2,1H3,(H,20,21)/t10-/m0/s1. The molecule has 0 saturated heterocycles. The Morgan fingerprint density at radius 3 is 2.73 bits per heavy atom. The summed E-state index contributed by atoms with van der Waals surface area (Å²) in [7, 11) is 0. The zero-order chi connectivity index (χ0) is 16.1. The van der Waals surface area contributed by atoms with E-state index in [1.807, 2.05) is 18.2 Å². The summed E-state index contributed by atoms with van der Waals surface area (Å²) >= 11 is 7.31. The number of amides is 1. The molecular formula is C16H14ClF2NOS. The van der Waals surface area contributed by atoms with Crippen LogP contribution in [0.1, 0.15) is 12.5 Å². The predicted molar refractivity (Wildman–Crippen MR) is 87.2 cm³/mol. The smallest absolute Gasteiger partial charge is 0.237 e. The molecule has 0 unspecified atom stereocenters. The van der Waals surface area contributed by atoms with Crippen LogP contribution in [0.4, 0.5) is 14.5 Å². The fourth-order valence-electron chi connectivity index (χ4n) is 1.75. The quantitative estimate of drug-likeness (QED) is 0.839. The number of nitrogens with one attached hydrogen (secondary N) is 1. The molecule has 2 aromatic rings. The SMILES string of the molecule is C[C@H](SCc1cccc(Cl)c1)C(=O)Nc1ccc(F)cc1F. The highest BCUT2D eigenvalue weighted by Gasteiger charge is 2.15. The lowest BCUT2D eigenvalue weighted by molar-refractivity contribution is -0.115. The summed E-state index contributed by atoms with van der Waals surface area (Å²) in [5.74, 6) is -1.20. The summed E-state index contributed by atoms with van der Waals surface area (Å²) in [6.45, 7) is 1.73. The first kappa shape index (κ1) is 16.8. The Bertz CT molecular complexity index is 681. The molecule has 1 N–H and O–H groups in total. The van der Waals surface area contributed by atoms with Gasteiger partial charge in [-0.05, 0) is 36.8 Å². The Hall–Kier alpha value is -1.59. The first-order chi connectivity index (χ1) is 10.5. The van der Waals surface area contributed by atoms with E-state index in [0.29, 0.717) is 10.8 Å². The van der Waals surface area contributed by atoms with E-state index in [2.05, 4.69) is 5.32 Å². The maximum atomic E-state index is 13.5. The Labute approximate surface area is 136 Å². The van der Waals surface area contributed by atoms with Crippen LogP contribution >= 0.6 is 23.4 Å². The van der Waals surface area contributed by atoms with Crippen LogP contribution in [-0.2, 0) is 10.5 Å². The van der Waals surface area contributed by atoms with Crippen molar-refractivity contribution in [1.29, 1.82) is 0 Å². The number of benzene rings is 2. The van der Waals surface area contributed by atoms with E-state index in [1.165, 1.54) is 17.8 Å². The van der Waals surface area contributed by atoms with E-state index in [9.17, 15) is 13.6 Å². The monoisotopic (exact) mass is 341 g/mol. The zero-order valence-corrected chi connectivity index (χ0v) is 13.3. The van der Waals surface area contributed by atoms with Crippen molar-refractivity contribution in [2.45, 2.75) is 17.9 Å². The van der Waals surface area contributed by atoms with Crippen molar-refractivity contribution in [2.75, 3.05) is 5.32 Å². The van der Waals surface area contributed by atoms with Crippen molar-refractivity contribution in [2.24, 2.45) is 0 Å². The molecule has 0 aliphatic rings. The second-order valence-electron chi connectivity index (χ2n) is 4.70. The lowest BCUT2D eigenvalue weighted by Gasteiger charge is -2.12. The summed E-state index contributed by atoms with van der Waals surface area (Å²) < 4.78 is 26.3. The van der Waals surface area contributed by atoms with Gasteiger partial charge in [0.1, 0.15) is 11.6 Å². The van der Waals surface area contributed by atoms with Crippen LogP contribution in [0.15, 0.2) is 42.5 Å². The number of anilines is 1. The average Bonchev–Trinajstić information content (AvgIpc) is 2.47. The Morgan fingerprint density at radius 2 is 2.05 bits per heavy atom. The van der Waals surface area contributed by atoms with Crippen molar-refractivity contribution >= 4 is 35.0 Å². The van der Waals surface area contributed by atoms with Gasteiger partial charge in [0.15, 0.2) is 0 Å². The minimum atomic E-state index is -0.791. The van der Waals surface area contributed by atoms with Gasteiger partial charge < -0.3 is 5.32 Å².